The van der Waals surface area contributed by atoms with Gasteiger partial charge >= 0.3 is 17.9 Å². The number of unbranched alkanes of at least 4 members (excludes halogenated alkanes) is 8. The van der Waals surface area contributed by atoms with E-state index in [-0.39, 0.29) is 38.0 Å². The van der Waals surface area contributed by atoms with Crippen LogP contribution in [0.15, 0.2) is 194 Å². The minimum absolute atomic E-state index is 0.146. The number of carbonyl (C=O) groups excluding carboxylic acids is 3. The molecule has 6 nitrogen and oxygen atoms in total. The van der Waals surface area contributed by atoms with Crippen molar-refractivity contribution < 1.29 is 28.6 Å². The largest absolute Gasteiger partial charge is 0.462 e. The lowest BCUT2D eigenvalue weighted by Gasteiger charge is -2.18. The van der Waals surface area contributed by atoms with Gasteiger partial charge < -0.3 is 14.2 Å². The molecule has 0 fully saturated rings. The number of allylic oxidation sites excluding steroid dienone is 32. The Labute approximate surface area is 420 Å². The van der Waals surface area contributed by atoms with Gasteiger partial charge in [-0.25, -0.2) is 0 Å². The highest BCUT2D eigenvalue weighted by molar-refractivity contribution is 5.71. The number of rotatable bonds is 43. The van der Waals surface area contributed by atoms with Gasteiger partial charge in [-0.05, 0) is 96.3 Å². The first-order chi connectivity index (χ1) is 34.0. The van der Waals surface area contributed by atoms with Crippen LogP contribution in [-0.2, 0) is 28.6 Å². The van der Waals surface area contributed by atoms with Crippen molar-refractivity contribution >= 4 is 17.9 Å². The second-order valence-corrected chi connectivity index (χ2v) is 16.2. The Kier molecular flexibility index (Phi) is 50.3. The van der Waals surface area contributed by atoms with Crippen LogP contribution < -0.4 is 0 Å². The Hall–Kier alpha value is -5.75. The molecule has 0 aromatic rings. The second kappa shape index (κ2) is 54.9. The average molecular weight is 943 g/mol. The maximum atomic E-state index is 12.8. The van der Waals surface area contributed by atoms with Crippen LogP contribution in [0.1, 0.15) is 162 Å². The Morgan fingerprint density at radius 2 is 0.623 bits per heavy atom. The molecule has 0 heterocycles. The van der Waals surface area contributed by atoms with Gasteiger partial charge in [-0.3, -0.25) is 14.4 Å². The molecule has 0 aromatic carbocycles. The van der Waals surface area contributed by atoms with Gasteiger partial charge in [0.2, 0.25) is 0 Å². The van der Waals surface area contributed by atoms with E-state index in [9.17, 15) is 14.4 Å². The van der Waals surface area contributed by atoms with Crippen molar-refractivity contribution in [1.29, 1.82) is 0 Å². The third kappa shape index (κ3) is 53.1. The number of ether oxygens (including phenoxy) is 3. The molecule has 0 aliphatic rings. The third-order valence-electron chi connectivity index (χ3n) is 9.84. The molecule has 0 rings (SSSR count). The number of hydrogen-bond donors (Lipinski definition) is 0. The highest BCUT2D eigenvalue weighted by Crippen LogP contribution is 2.11. The van der Waals surface area contributed by atoms with Gasteiger partial charge in [-0.1, -0.05) is 241 Å². The Morgan fingerprint density at radius 1 is 0.304 bits per heavy atom. The van der Waals surface area contributed by atoms with Crippen LogP contribution in [0.3, 0.4) is 0 Å². The minimum Gasteiger partial charge on any atom is -0.462 e. The fraction of sp³-hybridized carbons (Fsp3) is 0.444. The van der Waals surface area contributed by atoms with Gasteiger partial charge in [0.25, 0.3) is 0 Å². The molecule has 0 amide bonds. The summed E-state index contributed by atoms with van der Waals surface area (Å²) < 4.78 is 16.7. The Balaban J connectivity index is 4.69. The van der Waals surface area contributed by atoms with E-state index in [2.05, 4.69) is 124 Å². The summed E-state index contributed by atoms with van der Waals surface area (Å²) >= 11 is 0. The summed E-state index contributed by atoms with van der Waals surface area (Å²) in [6.45, 7) is 6.08. The molecule has 0 saturated heterocycles. The van der Waals surface area contributed by atoms with Crippen molar-refractivity contribution in [2.24, 2.45) is 0 Å². The van der Waals surface area contributed by atoms with Crippen LogP contribution in [0.5, 0.6) is 0 Å². The molecule has 0 aromatic heterocycles. The number of esters is 3. The molecule has 0 saturated carbocycles. The molecular formula is C63H90O6. The summed E-state index contributed by atoms with van der Waals surface area (Å²) in [5.74, 6) is -1.12. The lowest BCUT2D eigenvalue weighted by Crippen LogP contribution is -2.30. The molecule has 69 heavy (non-hydrogen) atoms. The summed E-state index contributed by atoms with van der Waals surface area (Å²) in [5, 5.41) is 0. The van der Waals surface area contributed by atoms with E-state index in [0.717, 1.165) is 109 Å². The van der Waals surface area contributed by atoms with E-state index in [1.807, 2.05) is 91.1 Å². The van der Waals surface area contributed by atoms with Crippen molar-refractivity contribution in [2.45, 2.75) is 168 Å². The topological polar surface area (TPSA) is 78.9 Å². The minimum atomic E-state index is -0.859. The standard InChI is InChI=1S/C63H90O6/c1-4-7-10-13-16-19-22-25-27-29-31-33-35-38-41-44-47-50-53-56-62(65)68-59-60(58-67-61(64)55-52-49-46-43-40-37-24-21-18-15-12-9-6-3)69-63(66)57-54-51-48-45-42-39-36-34-32-30-28-26-23-20-17-14-11-8-5-2/h7-13,15-22,24-29,31-35,38-39,41-42,48,51,60H,4-6,14,23,30,36-37,40,43-47,49-50,52-59H2,1-3H3/b10-7+,11-8+,12-9+,16-13+,18-15+,20-17+,22-19+,24-21+,27-25+,28-26+,31-29+,34-32+,35-33+,41-38+,42-39+,51-48+. The van der Waals surface area contributed by atoms with Gasteiger partial charge in [-0.15, -0.1) is 0 Å². The molecular weight excluding hydrogens is 853 g/mol. The van der Waals surface area contributed by atoms with Crippen molar-refractivity contribution in [2.75, 3.05) is 13.2 Å². The van der Waals surface area contributed by atoms with E-state index in [1.54, 1.807) is 0 Å². The Bertz CT molecular complexity index is 1750. The summed E-state index contributed by atoms with van der Waals surface area (Å²) in [7, 11) is 0. The van der Waals surface area contributed by atoms with E-state index < -0.39 is 12.1 Å². The van der Waals surface area contributed by atoms with Gasteiger partial charge in [0.05, 0.1) is 0 Å². The lowest BCUT2D eigenvalue weighted by molar-refractivity contribution is -0.166. The second-order valence-electron chi connectivity index (χ2n) is 16.2. The number of carbonyl (C=O) groups is 3. The smallest absolute Gasteiger partial charge is 0.306 e. The van der Waals surface area contributed by atoms with Gasteiger partial charge in [0, 0.05) is 19.3 Å². The average Bonchev–Trinajstić information content (AvgIpc) is 3.35. The first-order valence-corrected chi connectivity index (χ1v) is 26.1. The normalized spacial score (nSPS) is 13.7. The lowest BCUT2D eigenvalue weighted by atomic mass is 10.1. The summed E-state index contributed by atoms with van der Waals surface area (Å²) in [6.07, 6.45) is 84.2. The van der Waals surface area contributed by atoms with Gasteiger partial charge in [-0.2, -0.15) is 0 Å². The summed E-state index contributed by atoms with van der Waals surface area (Å²) in [5.41, 5.74) is 0. The zero-order chi connectivity index (χ0) is 50.0. The van der Waals surface area contributed by atoms with Crippen molar-refractivity contribution in [1.82, 2.24) is 0 Å². The molecule has 0 spiro atoms. The highest BCUT2D eigenvalue weighted by Gasteiger charge is 2.19. The van der Waals surface area contributed by atoms with Crippen molar-refractivity contribution in [3.63, 3.8) is 0 Å². The molecule has 1 unspecified atom stereocenters. The van der Waals surface area contributed by atoms with Crippen molar-refractivity contribution in [3.8, 4) is 0 Å². The highest BCUT2D eigenvalue weighted by atomic mass is 16.6. The molecule has 378 valence electrons. The molecule has 0 aliphatic carbocycles. The predicted molar refractivity (Wildman–Crippen MR) is 297 cm³/mol. The van der Waals surface area contributed by atoms with Gasteiger partial charge in [0.1, 0.15) is 13.2 Å². The Morgan fingerprint density at radius 3 is 1.03 bits per heavy atom. The zero-order valence-electron chi connectivity index (χ0n) is 43.0. The summed E-state index contributed by atoms with van der Waals surface area (Å²) in [4.78, 5) is 38.0. The predicted octanol–water partition coefficient (Wildman–Crippen LogP) is 17.5. The van der Waals surface area contributed by atoms with Crippen LogP contribution in [0.2, 0.25) is 0 Å². The van der Waals surface area contributed by atoms with Crippen LogP contribution in [0.4, 0.5) is 0 Å². The van der Waals surface area contributed by atoms with Gasteiger partial charge in [0.15, 0.2) is 6.10 Å². The molecule has 0 bridgehead atoms. The van der Waals surface area contributed by atoms with Crippen molar-refractivity contribution in [3.05, 3.63) is 194 Å². The molecule has 0 N–H and O–H groups in total. The maximum Gasteiger partial charge on any atom is 0.306 e. The SMILES string of the molecule is CC/C=C/C=C/C=C/C=C/C=C/C=C/C=C/CCCCCC(=O)OCC(COC(=O)CCCCCCC/C=C/C=C/C=C/CC)OC(=O)CC/C=C/C/C=C/C/C=C/C/C=C/C/C=C/C/C=C/CC. The van der Waals surface area contributed by atoms with E-state index in [4.69, 9.17) is 14.2 Å². The van der Waals surface area contributed by atoms with Crippen LogP contribution in [0, 0.1) is 0 Å². The fourth-order valence-corrected chi connectivity index (χ4v) is 6.04. The first-order valence-electron chi connectivity index (χ1n) is 26.1. The van der Waals surface area contributed by atoms with E-state index >= 15 is 0 Å². The quantitative estimate of drug-likeness (QED) is 0.0199. The molecule has 1 atom stereocenters. The molecule has 6 heteroatoms. The van der Waals surface area contributed by atoms with E-state index in [0.29, 0.717) is 19.3 Å². The first kappa shape index (κ1) is 63.2. The van der Waals surface area contributed by atoms with Crippen LogP contribution in [0.25, 0.3) is 0 Å². The van der Waals surface area contributed by atoms with E-state index in [1.165, 1.54) is 0 Å². The molecule has 0 radical (unpaired) electrons. The summed E-state index contributed by atoms with van der Waals surface area (Å²) in [6, 6.07) is 0. The van der Waals surface area contributed by atoms with Crippen LogP contribution in [-0.4, -0.2) is 37.2 Å². The van der Waals surface area contributed by atoms with Crippen LogP contribution >= 0.6 is 0 Å². The molecule has 0 aliphatic heterocycles. The third-order valence-corrected chi connectivity index (χ3v) is 9.84. The number of hydrogen-bond acceptors (Lipinski definition) is 6. The maximum absolute atomic E-state index is 12.8. The zero-order valence-corrected chi connectivity index (χ0v) is 43.0. The monoisotopic (exact) mass is 943 g/mol. The fourth-order valence-electron chi connectivity index (χ4n) is 6.04.